The van der Waals surface area contributed by atoms with Gasteiger partial charge in [-0.1, -0.05) is 6.92 Å². The number of methoxy groups -OCH3 is 1. The second-order valence-corrected chi connectivity index (χ2v) is 5.75. The van der Waals surface area contributed by atoms with E-state index < -0.39 is 11.9 Å². The Morgan fingerprint density at radius 3 is 2.25 bits per heavy atom. The molecular weight excluding hydrogens is 376 g/mol. The number of carbonyl (C=O) groups excluding carboxylic acids is 2. The van der Waals surface area contributed by atoms with Crippen molar-refractivity contribution < 1.29 is 23.8 Å². The fourth-order valence-corrected chi connectivity index (χ4v) is 2.35. The quantitative estimate of drug-likeness (QED) is 0.543. The van der Waals surface area contributed by atoms with Crippen LogP contribution < -0.4 is 9.47 Å². The molecule has 2 aromatic rings. The zero-order chi connectivity index (χ0) is 17.5. The van der Waals surface area contributed by atoms with E-state index in [4.69, 9.17) is 9.47 Å². The Hall–Kier alpha value is -2.34. The fourth-order valence-electron chi connectivity index (χ4n) is 1.89. The molecular formula is C18H17BrO5. The first-order chi connectivity index (χ1) is 11.5. The maximum Gasteiger partial charge on any atom is 0.343 e. The van der Waals surface area contributed by atoms with Crippen molar-refractivity contribution in [1.82, 2.24) is 0 Å². The Kier molecular flexibility index (Phi) is 6.37. The van der Waals surface area contributed by atoms with Gasteiger partial charge < -0.3 is 14.2 Å². The molecule has 0 saturated heterocycles. The van der Waals surface area contributed by atoms with E-state index in [2.05, 4.69) is 20.7 Å². The van der Waals surface area contributed by atoms with E-state index in [1.165, 1.54) is 25.3 Å². The van der Waals surface area contributed by atoms with E-state index in [-0.39, 0.29) is 0 Å². The highest BCUT2D eigenvalue weighted by Crippen LogP contribution is 2.27. The molecule has 2 rings (SSSR count). The first kappa shape index (κ1) is 18.0. The molecule has 2 aromatic carbocycles. The van der Waals surface area contributed by atoms with Gasteiger partial charge in [0, 0.05) is 0 Å². The van der Waals surface area contributed by atoms with Crippen molar-refractivity contribution in [3.8, 4) is 11.5 Å². The lowest BCUT2D eigenvalue weighted by Crippen LogP contribution is -2.09. The summed E-state index contributed by atoms with van der Waals surface area (Å²) in [5.74, 6) is 0.0655. The third-order valence-corrected chi connectivity index (χ3v) is 3.74. The lowest BCUT2D eigenvalue weighted by atomic mass is 10.2. The third-order valence-electron chi connectivity index (χ3n) is 3.12. The van der Waals surface area contributed by atoms with Gasteiger partial charge in [-0.25, -0.2) is 9.59 Å². The maximum atomic E-state index is 12.2. The summed E-state index contributed by atoms with van der Waals surface area (Å²) in [6.07, 6.45) is 0.916. The maximum absolute atomic E-state index is 12.2. The molecule has 5 nitrogen and oxygen atoms in total. The van der Waals surface area contributed by atoms with E-state index >= 15 is 0 Å². The van der Waals surface area contributed by atoms with Gasteiger partial charge in [-0.3, -0.25) is 0 Å². The summed E-state index contributed by atoms with van der Waals surface area (Å²) in [4.78, 5) is 23.7. The van der Waals surface area contributed by atoms with Gasteiger partial charge in [0.05, 0.1) is 29.3 Å². The zero-order valence-electron chi connectivity index (χ0n) is 13.4. The molecule has 126 valence electrons. The molecule has 0 radical (unpaired) electrons. The van der Waals surface area contributed by atoms with E-state index in [1.807, 2.05) is 6.92 Å². The van der Waals surface area contributed by atoms with Gasteiger partial charge in [-0.05, 0) is 64.8 Å². The molecule has 0 bridgehead atoms. The Labute approximate surface area is 148 Å². The Balaban J connectivity index is 2.07. The average Bonchev–Trinajstić information content (AvgIpc) is 2.61. The molecule has 0 heterocycles. The second kappa shape index (κ2) is 8.49. The Morgan fingerprint density at radius 2 is 1.67 bits per heavy atom. The lowest BCUT2D eigenvalue weighted by Gasteiger charge is -2.09. The highest BCUT2D eigenvalue weighted by atomic mass is 79.9. The van der Waals surface area contributed by atoms with Crippen LogP contribution in [0.1, 0.15) is 34.1 Å². The monoisotopic (exact) mass is 392 g/mol. The Bertz CT molecular complexity index is 725. The predicted octanol–water partition coefficient (Wildman–Crippen LogP) is 4.24. The van der Waals surface area contributed by atoms with Gasteiger partial charge >= 0.3 is 11.9 Å². The van der Waals surface area contributed by atoms with Crippen LogP contribution in [0.25, 0.3) is 0 Å². The first-order valence-corrected chi connectivity index (χ1v) is 8.17. The number of rotatable bonds is 6. The highest BCUT2D eigenvalue weighted by Gasteiger charge is 2.13. The molecule has 0 fully saturated rings. The van der Waals surface area contributed by atoms with Crippen LogP contribution in [0.3, 0.4) is 0 Å². The minimum Gasteiger partial charge on any atom is -0.494 e. The van der Waals surface area contributed by atoms with Crippen LogP contribution in [0.15, 0.2) is 46.9 Å². The van der Waals surface area contributed by atoms with Crippen LogP contribution in [0.2, 0.25) is 0 Å². The molecule has 0 aromatic heterocycles. The van der Waals surface area contributed by atoms with Crippen molar-refractivity contribution in [3.05, 3.63) is 58.1 Å². The summed E-state index contributed by atoms with van der Waals surface area (Å²) in [5, 5.41) is 0. The minimum absolute atomic E-state index is 0.318. The van der Waals surface area contributed by atoms with E-state index in [1.54, 1.807) is 24.3 Å². The first-order valence-electron chi connectivity index (χ1n) is 7.38. The summed E-state index contributed by atoms with van der Waals surface area (Å²) in [7, 11) is 1.30. The SMILES string of the molecule is CCCOc1ccc(C(=O)Oc2ccc(C(=O)OC)cc2Br)cc1. The molecule has 6 heteroatoms. The molecule has 0 atom stereocenters. The number of hydrogen-bond donors (Lipinski definition) is 0. The van der Waals surface area contributed by atoms with Crippen molar-refractivity contribution in [2.75, 3.05) is 13.7 Å². The van der Waals surface area contributed by atoms with Crippen LogP contribution in [-0.2, 0) is 4.74 Å². The molecule has 0 unspecified atom stereocenters. The van der Waals surface area contributed by atoms with Gasteiger partial charge in [-0.2, -0.15) is 0 Å². The number of hydrogen-bond acceptors (Lipinski definition) is 5. The van der Waals surface area contributed by atoms with Crippen LogP contribution in [0.5, 0.6) is 11.5 Å². The summed E-state index contributed by atoms with van der Waals surface area (Å²) in [6, 6.07) is 11.3. The predicted molar refractivity (Wildman–Crippen MR) is 92.7 cm³/mol. The fraction of sp³-hybridized carbons (Fsp3) is 0.222. The highest BCUT2D eigenvalue weighted by molar-refractivity contribution is 9.10. The molecule has 0 aliphatic rings. The summed E-state index contributed by atoms with van der Waals surface area (Å²) >= 11 is 3.28. The number of esters is 2. The average molecular weight is 393 g/mol. The van der Waals surface area contributed by atoms with Crippen LogP contribution >= 0.6 is 15.9 Å². The van der Waals surface area contributed by atoms with Crippen molar-refractivity contribution in [2.24, 2.45) is 0 Å². The van der Waals surface area contributed by atoms with Crippen molar-refractivity contribution in [2.45, 2.75) is 13.3 Å². The lowest BCUT2D eigenvalue weighted by molar-refractivity contribution is 0.0600. The van der Waals surface area contributed by atoms with Crippen LogP contribution in [0, 0.1) is 0 Å². The summed E-state index contributed by atoms with van der Waals surface area (Å²) in [5.41, 5.74) is 0.768. The topological polar surface area (TPSA) is 61.8 Å². The zero-order valence-corrected chi connectivity index (χ0v) is 15.0. The van der Waals surface area contributed by atoms with Crippen molar-refractivity contribution in [1.29, 1.82) is 0 Å². The van der Waals surface area contributed by atoms with Gasteiger partial charge in [0.15, 0.2) is 0 Å². The minimum atomic E-state index is -0.497. The molecule has 0 N–H and O–H groups in total. The summed E-state index contributed by atoms with van der Waals surface area (Å²) in [6.45, 7) is 2.65. The number of benzene rings is 2. The van der Waals surface area contributed by atoms with Crippen LogP contribution in [-0.4, -0.2) is 25.7 Å². The van der Waals surface area contributed by atoms with Crippen LogP contribution in [0.4, 0.5) is 0 Å². The summed E-state index contributed by atoms with van der Waals surface area (Å²) < 4.78 is 15.9. The molecule has 0 saturated carbocycles. The van der Waals surface area contributed by atoms with E-state index in [0.717, 1.165) is 6.42 Å². The second-order valence-electron chi connectivity index (χ2n) is 4.90. The molecule has 0 aliphatic heterocycles. The molecule has 0 amide bonds. The third kappa shape index (κ3) is 4.58. The van der Waals surface area contributed by atoms with E-state index in [0.29, 0.717) is 33.7 Å². The van der Waals surface area contributed by atoms with E-state index in [9.17, 15) is 9.59 Å². The largest absolute Gasteiger partial charge is 0.494 e. The van der Waals surface area contributed by atoms with Gasteiger partial charge in [0.25, 0.3) is 0 Å². The molecule has 0 aliphatic carbocycles. The van der Waals surface area contributed by atoms with Crippen molar-refractivity contribution in [3.63, 3.8) is 0 Å². The van der Waals surface area contributed by atoms with Crippen molar-refractivity contribution >= 4 is 27.9 Å². The smallest absolute Gasteiger partial charge is 0.343 e. The number of halogens is 1. The van der Waals surface area contributed by atoms with Gasteiger partial charge in [0.2, 0.25) is 0 Å². The van der Waals surface area contributed by atoms with Gasteiger partial charge in [-0.15, -0.1) is 0 Å². The standard InChI is InChI=1S/C18H17BrO5/c1-3-10-23-14-7-4-12(5-8-14)18(21)24-16-9-6-13(11-15(16)19)17(20)22-2/h4-9,11H,3,10H2,1-2H3. The molecule has 0 spiro atoms. The van der Waals surface area contributed by atoms with Gasteiger partial charge in [0.1, 0.15) is 11.5 Å². The molecule has 24 heavy (non-hydrogen) atoms. The number of carbonyl (C=O) groups is 2. The normalized spacial score (nSPS) is 10.1. The Morgan fingerprint density at radius 1 is 1.00 bits per heavy atom. The number of ether oxygens (including phenoxy) is 3.